The maximum atomic E-state index is 12.6. The summed E-state index contributed by atoms with van der Waals surface area (Å²) in [5, 5.41) is 0. The molecular formula is C19H21NO5S. The van der Waals surface area contributed by atoms with Crippen LogP contribution in [0.1, 0.15) is 28.8 Å². The van der Waals surface area contributed by atoms with Crippen molar-refractivity contribution < 1.29 is 22.7 Å². The van der Waals surface area contributed by atoms with Crippen LogP contribution >= 0.6 is 0 Å². The molecule has 0 saturated carbocycles. The molecule has 0 radical (unpaired) electrons. The van der Waals surface area contributed by atoms with Crippen LogP contribution in [0.15, 0.2) is 53.4 Å². The molecule has 26 heavy (non-hydrogen) atoms. The van der Waals surface area contributed by atoms with Crippen molar-refractivity contribution in [2.45, 2.75) is 30.8 Å². The predicted molar refractivity (Wildman–Crippen MR) is 97.7 cm³/mol. The van der Waals surface area contributed by atoms with Crippen LogP contribution in [0.3, 0.4) is 0 Å². The van der Waals surface area contributed by atoms with E-state index in [-0.39, 0.29) is 23.2 Å². The van der Waals surface area contributed by atoms with Gasteiger partial charge in [-0.15, -0.1) is 0 Å². The quantitative estimate of drug-likeness (QED) is 0.785. The number of aryl methyl sites for hydroxylation is 1. The van der Waals surface area contributed by atoms with Crippen LogP contribution in [0.25, 0.3) is 0 Å². The standard InChI is InChI=1S/C19H21NO5S/c1-14-5-2-7-16(11-14)20-26(22,23)18-9-3-6-15(12-18)19(21)25-13-17-8-4-10-24-17/h2-3,5-7,9,11-12,17,20H,4,8,10,13H2,1H3/t17-/m0/s1. The molecule has 1 heterocycles. The molecule has 0 bridgehead atoms. The van der Waals surface area contributed by atoms with Crippen molar-refractivity contribution in [3.63, 3.8) is 0 Å². The maximum absolute atomic E-state index is 12.6. The van der Waals surface area contributed by atoms with Gasteiger partial charge in [0.2, 0.25) is 0 Å². The highest BCUT2D eigenvalue weighted by molar-refractivity contribution is 7.92. The van der Waals surface area contributed by atoms with Crippen molar-refractivity contribution in [1.29, 1.82) is 0 Å². The van der Waals surface area contributed by atoms with Crippen molar-refractivity contribution in [2.75, 3.05) is 17.9 Å². The number of nitrogens with one attached hydrogen (secondary N) is 1. The average molecular weight is 375 g/mol. The van der Waals surface area contributed by atoms with E-state index in [1.165, 1.54) is 24.3 Å². The summed E-state index contributed by atoms with van der Waals surface area (Å²) in [4.78, 5) is 12.2. The van der Waals surface area contributed by atoms with Gasteiger partial charge in [-0.25, -0.2) is 13.2 Å². The second kappa shape index (κ2) is 7.88. The van der Waals surface area contributed by atoms with E-state index in [9.17, 15) is 13.2 Å². The molecular weight excluding hydrogens is 354 g/mol. The topological polar surface area (TPSA) is 81.7 Å². The van der Waals surface area contributed by atoms with E-state index in [0.29, 0.717) is 12.3 Å². The second-order valence-corrected chi connectivity index (χ2v) is 7.92. The molecule has 7 heteroatoms. The second-order valence-electron chi connectivity index (χ2n) is 6.24. The van der Waals surface area contributed by atoms with Crippen LogP contribution in [0.2, 0.25) is 0 Å². The first kappa shape index (κ1) is 18.4. The molecule has 1 N–H and O–H groups in total. The van der Waals surface area contributed by atoms with Crippen molar-refractivity contribution in [3.05, 3.63) is 59.7 Å². The molecule has 1 atom stereocenters. The number of esters is 1. The first-order valence-corrected chi connectivity index (χ1v) is 9.91. The fourth-order valence-corrected chi connectivity index (χ4v) is 3.84. The minimum atomic E-state index is -3.80. The van der Waals surface area contributed by atoms with Gasteiger partial charge < -0.3 is 9.47 Å². The summed E-state index contributed by atoms with van der Waals surface area (Å²) in [6.07, 6.45) is 1.75. The van der Waals surface area contributed by atoms with Gasteiger partial charge >= 0.3 is 5.97 Å². The highest BCUT2D eigenvalue weighted by atomic mass is 32.2. The molecule has 1 saturated heterocycles. The lowest BCUT2D eigenvalue weighted by molar-refractivity contribution is 0.0161. The van der Waals surface area contributed by atoms with Gasteiger partial charge in [-0.2, -0.15) is 0 Å². The minimum absolute atomic E-state index is 0.00516. The molecule has 0 unspecified atom stereocenters. The average Bonchev–Trinajstić information content (AvgIpc) is 3.13. The Labute approximate surface area is 153 Å². The summed E-state index contributed by atoms with van der Waals surface area (Å²) >= 11 is 0. The summed E-state index contributed by atoms with van der Waals surface area (Å²) in [6, 6.07) is 12.9. The zero-order valence-electron chi connectivity index (χ0n) is 14.5. The van der Waals surface area contributed by atoms with Gasteiger partial charge in [-0.05, 0) is 55.7 Å². The Balaban J connectivity index is 1.71. The smallest absolute Gasteiger partial charge is 0.338 e. The maximum Gasteiger partial charge on any atom is 0.338 e. The van der Waals surface area contributed by atoms with E-state index in [0.717, 1.165) is 18.4 Å². The van der Waals surface area contributed by atoms with Crippen LogP contribution in [-0.4, -0.2) is 33.7 Å². The van der Waals surface area contributed by atoms with E-state index >= 15 is 0 Å². The zero-order valence-corrected chi connectivity index (χ0v) is 15.3. The van der Waals surface area contributed by atoms with Gasteiger partial charge in [0.1, 0.15) is 6.61 Å². The lowest BCUT2D eigenvalue weighted by atomic mass is 10.2. The van der Waals surface area contributed by atoms with Gasteiger partial charge in [-0.3, -0.25) is 4.72 Å². The number of carbonyl (C=O) groups excluding carboxylic acids is 1. The van der Waals surface area contributed by atoms with Gasteiger partial charge in [0.25, 0.3) is 10.0 Å². The van der Waals surface area contributed by atoms with Crippen LogP contribution in [0.5, 0.6) is 0 Å². The molecule has 2 aromatic rings. The lowest BCUT2D eigenvalue weighted by Gasteiger charge is -2.12. The Morgan fingerprint density at radius 1 is 1.23 bits per heavy atom. The summed E-state index contributed by atoms with van der Waals surface area (Å²) < 4.78 is 38.3. The molecule has 6 nitrogen and oxygen atoms in total. The number of rotatable bonds is 6. The molecule has 1 aliphatic rings. The molecule has 1 fully saturated rings. The first-order chi connectivity index (χ1) is 12.4. The van der Waals surface area contributed by atoms with Gasteiger partial charge in [0, 0.05) is 12.3 Å². The number of hydrogen-bond donors (Lipinski definition) is 1. The van der Waals surface area contributed by atoms with E-state index in [1.54, 1.807) is 18.2 Å². The SMILES string of the molecule is Cc1cccc(NS(=O)(=O)c2cccc(C(=O)OC[C@@H]3CCCO3)c2)c1. The third-order valence-corrected chi connectivity index (χ3v) is 5.45. The first-order valence-electron chi connectivity index (χ1n) is 8.42. The predicted octanol–water partition coefficient (Wildman–Crippen LogP) is 3.13. The third kappa shape index (κ3) is 4.62. The number of anilines is 1. The Kier molecular flexibility index (Phi) is 5.58. The number of carbonyl (C=O) groups is 1. The van der Waals surface area contributed by atoms with Gasteiger partial charge in [0.05, 0.1) is 16.6 Å². The molecule has 2 aromatic carbocycles. The summed E-state index contributed by atoms with van der Waals surface area (Å²) in [6.45, 7) is 2.74. The van der Waals surface area contributed by atoms with E-state index in [1.807, 2.05) is 13.0 Å². The normalized spacial score (nSPS) is 17.0. The van der Waals surface area contributed by atoms with Crippen LogP contribution in [0, 0.1) is 6.92 Å². The van der Waals surface area contributed by atoms with E-state index in [4.69, 9.17) is 9.47 Å². The summed E-state index contributed by atoms with van der Waals surface area (Å²) in [7, 11) is -3.80. The highest BCUT2D eigenvalue weighted by Crippen LogP contribution is 2.19. The number of hydrogen-bond acceptors (Lipinski definition) is 5. The van der Waals surface area contributed by atoms with Crippen LogP contribution in [0.4, 0.5) is 5.69 Å². The summed E-state index contributed by atoms with van der Waals surface area (Å²) in [5.41, 5.74) is 1.60. The molecule has 0 amide bonds. The molecule has 138 valence electrons. The van der Waals surface area contributed by atoms with Crippen LogP contribution < -0.4 is 4.72 Å². The van der Waals surface area contributed by atoms with Crippen molar-refractivity contribution in [3.8, 4) is 0 Å². The molecule has 0 aliphatic carbocycles. The fourth-order valence-electron chi connectivity index (χ4n) is 2.74. The van der Waals surface area contributed by atoms with Crippen LogP contribution in [-0.2, 0) is 19.5 Å². The molecule has 0 spiro atoms. The van der Waals surface area contributed by atoms with Crippen molar-refractivity contribution >= 4 is 21.7 Å². The number of ether oxygens (including phenoxy) is 2. The van der Waals surface area contributed by atoms with Gasteiger partial charge in [-0.1, -0.05) is 18.2 Å². The van der Waals surface area contributed by atoms with Gasteiger partial charge in [0.15, 0.2) is 0 Å². The highest BCUT2D eigenvalue weighted by Gasteiger charge is 2.20. The molecule has 3 rings (SSSR count). The fraction of sp³-hybridized carbons (Fsp3) is 0.316. The van der Waals surface area contributed by atoms with Crippen molar-refractivity contribution in [2.24, 2.45) is 0 Å². The molecule has 1 aliphatic heterocycles. The molecule has 0 aromatic heterocycles. The van der Waals surface area contributed by atoms with E-state index < -0.39 is 16.0 Å². The Bertz CT molecular complexity index is 888. The Morgan fingerprint density at radius 2 is 2.04 bits per heavy atom. The third-order valence-electron chi connectivity index (χ3n) is 4.07. The Hall–Kier alpha value is -2.38. The summed E-state index contributed by atoms with van der Waals surface area (Å²) in [5.74, 6) is -0.562. The van der Waals surface area contributed by atoms with Crippen molar-refractivity contribution in [1.82, 2.24) is 0 Å². The minimum Gasteiger partial charge on any atom is -0.459 e. The monoisotopic (exact) mass is 375 g/mol. The largest absolute Gasteiger partial charge is 0.459 e. The number of sulfonamides is 1. The van der Waals surface area contributed by atoms with E-state index in [2.05, 4.69) is 4.72 Å². The zero-order chi connectivity index (χ0) is 18.6. The lowest BCUT2D eigenvalue weighted by Crippen LogP contribution is -2.18. The number of benzene rings is 2. The Morgan fingerprint density at radius 3 is 2.77 bits per heavy atom.